The number of hydrogen-bond acceptors (Lipinski definition) is 6. The number of hydrogen-bond donors (Lipinski definition) is 1. The fourth-order valence-corrected chi connectivity index (χ4v) is 2.37. The minimum Gasteiger partial charge on any atom is -0.383 e. The Bertz CT molecular complexity index is 605. The summed E-state index contributed by atoms with van der Waals surface area (Å²) in [5, 5.41) is 9.81. The molecule has 0 bridgehead atoms. The zero-order valence-electron chi connectivity index (χ0n) is 11.8. The van der Waals surface area contributed by atoms with Crippen molar-refractivity contribution in [2.45, 2.75) is 43.8 Å². The zero-order valence-corrected chi connectivity index (χ0v) is 12.6. The molecular formula is C12H18N6S. The number of nitrogens with zero attached hydrogens (tertiary/aromatic N) is 5. The van der Waals surface area contributed by atoms with Crippen molar-refractivity contribution in [3.05, 3.63) is 17.2 Å². The Labute approximate surface area is 116 Å². The Hall–Kier alpha value is -1.63. The van der Waals surface area contributed by atoms with Crippen molar-refractivity contribution in [3.8, 4) is 0 Å². The van der Waals surface area contributed by atoms with E-state index in [2.05, 4.69) is 20.2 Å². The summed E-state index contributed by atoms with van der Waals surface area (Å²) in [5.41, 5.74) is 6.83. The second-order valence-corrected chi connectivity index (χ2v) is 5.70. The first-order valence-electron chi connectivity index (χ1n) is 6.08. The molecular weight excluding hydrogens is 260 g/mol. The molecule has 2 rings (SSSR count). The van der Waals surface area contributed by atoms with Crippen LogP contribution >= 0.6 is 11.8 Å². The van der Waals surface area contributed by atoms with E-state index in [4.69, 9.17) is 5.73 Å². The van der Waals surface area contributed by atoms with E-state index in [-0.39, 0.29) is 5.92 Å². The van der Waals surface area contributed by atoms with Crippen LogP contribution in [0.2, 0.25) is 0 Å². The summed E-state index contributed by atoms with van der Waals surface area (Å²) < 4.78 is 1.93. The molecule has 0 aromatic carbocycles. The average Bonchev–Trinajstić information content (AvgIpc) is 2.66. The third-order valence-electron chi connectivity index (χ3n) is 2.91. The van der Waals surface area contributed by atoms with Gasteiger partial charge in [0.15, 0.2) is 5.16 Å². The van der Waals surface area contributed by atoms with E-state index in [0.29, 0.717) is 5.82 Å². The molecule has 19 heavy (non-hydrogen) atoms. The fraction of sp³-hybridized carbons (Fsp3) is 0.500. The maximum atomic E-state index is 5.95. The van der Waals surface area contributed by atoms with Crippen molar-refractivity contribution in [2.75, 3.05) is 5.73 Å². The normalized spacial score (nSPS) is 11.3. The maximum absolute atomic E-state index is 5.95. The van der Waals surface area contributed by atoms with Gasteiger partial charge in [-0.1, -0.05) is 13.8 Å². The monoisotopic (exact) mass is 278 g/mol. The second-order valence-electron chi connectivity index (χ2n) is 4.74. The van der Waals surface area contributed by atoms with Crippen LogP contribution in [0.25, 0.3) is 0 Å². The van der Waals surface area contributed by atoms with Gasteiger partial charge in [0.05, 0.1) is 0 Å². The number of nitrogens with two attached hydrogens (primary N) is 1. The quantitative estimate of drug-likeness (QED) is 0.865. The largest absolute Gasteiger partial charge is 0.383 e. The third-order valence-corrected chi connectivity index (χ3v) is 4.04. The Kier molecular flexibility index (Phi) is 3.75. The SMILES string of the molecule is Cc1c(N)nc(C(C)C)nc1Sc1nnc(C)n1C. The number of aromatic nitrogens is 5. The Balaban J connectivity index is 2.42. The number of nitrogen functional groups attached to an aromatic ring is 1. The van der Waals surface area contributed by atoms with Crippen LogP contribution in [0.4, 0.5) is 5.82 Å². The minimum atomic E-state index is 0.239. The van der Waals surface area contributed by atoms with Gasteiger partial charge < -0.3 is 10.3 Å². The summed E-state index contributed by atoms with van der Waals surface area (Å²) in [6.45, 7) is 7.93. The van der Waals surface area contributed by atoms with Crippen LogP contribution in [0.3, 0.4) is 0 Å². The van der Waals surface area contributed by atoms with E-state index < -0.39 is 0 Å². The van der Waals surface area contributed by atoms with Crippen LogP contribution in [0, 0.1) is 13.8 Å². The Morgan fingerprint density at radius 2 is 1.84 bits per heavy atom. The molecule has 2 N–H and O–H groups in total. The molecule has 0 radical (unpaired) electrons. The molecule has 7 heteroatoms. The van der Waals surface area contributed by atoms with Gasteiger partial charge in [-0.25, -0.2) is 9.97 Å². The smallest absolute Gasteiger partial charge is 0.197 e. The predicted molar refractivity (Wildman–Crippen MR) is 75.1 cm³/mol. The van der Waals surface area contributed by atoms with Crippen molar-refractivity contribution in [3.63, 3.8) is 0 Å². The highest BCUT2D eigenvalue weighted by Crippen LogP contribution is 2.30. The highest BCUT2D eigenvalue weighted by atomic mass is 32.2. The molecule has 2 heterocycles. The molecule has 0 unspecified atom stereocenters. The lowest BCUT2D eigenvalue weighted by Crippen LogP contribution is -2.06. The highest BCUT2D eigenvalue weighted by Gasteiger charge is 2.15. The van der Waals surface area contributed by atoms with Gasteiger partial charge in [-0.3, -0.25) is 0 Å². The summed E-state index contributed by atoms with van der Waals surface area (Å²) in [7, 11) is 1.93. The van der Waals surface area contributed by atoms with Crippen LogP contribution in [0.1, 0.15) is 37.0 Å². The lowest BCUT2D eigenvalue weighted by Gasteiger charge is -2.11. The molecule has 0 aliphatic rings. The molecule has 0 saturated heterocycles. The zero-order chi connectivity index (χ0) is 14.2. The molecule has 0 amide bonds. The first kappa shape index (κ1) is 13.8. The van der Waals surface area contributed by atoms with E-state index in [1.54, 1.807) is 0 Å². The standard InChI is InChI=1S/C12H18N6S/c1-6(2)10-14-9(13)7(3)11(15-10)19-12-17-16-8(4)18(12)5/h6H,1-5H3,(H2,13,14,15). The van der Waals surface area contributed by atoms with E-state index in [1.807, 2.05) is 39.3 Å². The topological polar surface area (TPSA) is 82.5 Å². The van der Waals surface area contributed by atoms with Crippen LogP contribution < -0.4 is 5.73 Å². The summed E-state index contributed by atoms with van der Waals surface area (Å²) in [6, 6.07) is 0. The van der Waals surface area contributed by atoms with Gasteiger partial charge in [0, 0.05) is 18.5 Å². The molecule has 2 aromatic heterocycles. The van der Waals surface area contributed by atoms with Crippen molar-refractivity contribution >= 4 is 17.6 Å². The van der Waals surface area contributed by atoms with Gasteiger partial charge in [-0.05, 0) is 25.6 Å². The number of aryl methyl sites for hydroxylation is 1. The summed E-state index contributed by atoms with van der Waals surface area (Å²) in [4.78, 5) is 8.88. The fourth-order valence-electron chi connectivity index (χ4n) is 1.45. The molecule has 0 aliphatic heterocycles. The molecule has 0 spiro atoms. The van der Waals surface area contributed by atoms with Crippen LogP contribution in [-0.2, 0) is 7.05 Å². The molecule has 102 valence electrons. The van der Waals surface area contributed by atoms with Crippen molar-refractivity contribution in [1.29, 1.82) is 0 Å². The van der Waals surface area contributed by atoms with Gasteiger partial charge >= 0.3 is 0 Å². The van der Waals surface area contributed by atoms with Crippen molar-refractivity contribution in [2.24, 2.45) is 7.05 Å². The highest BCUT2D eigenvalue weighted by molar-refractivity contribution is 7.99. The molecule has 0 aliphatic carbocycles. The van der Waals surface area contributed by atoms with Gasteiger partial charge in [-0.15, -0.1) is 10.2 Å². The molecule has 0 saturated carbocycles. The molecule has 6 nitrogen and oxygen atoms in total. The minimum absolute atomic E-state index is 0.239. The lowest BCUT2D eigenvalue weighted by molar-refractivity contribution is 0.743. The van der Waals surface area contributed by atoms with Crippen molar-refractivity contribution in [1.82, 2.24) is 24.7 Å². The summed E-state index contributed by atoms with van der Waals surface area (Å²) in [5.74, 6) is 2.39. The first-order valence-corrected chi connectivity index (χ1v) is 6.89. The average molecular weight is 278 g/mol. The number of anilines is 1. The lowest BCUT2D eigenvalue weighted by atomic mass is 10.2. The van der Waals surface area contributed by atoms with Crippen LogP contribution in [0.5, 0.6) is 0 Å². The third kappa shape index (κ3) is 2.70. The van der Waals surface area contributed by atoms with E-state index in [0.717, 1.165) is 27.4 Å². The Morgan fingerprint density at radius 3 is 2.37 bits per heavy atom. The molecule has 0 fully saturated rings. The van der Waals surface area contributed by atoms with Crippen LogP contribution in [-0.4, -0.2) is 24.7 Å². The predicted octanol–water partition coefficient (Wildman–Crippen LogP) is 2.08. The molecule has 0 atom stereocenters. The van der Waals surface area contributed by atoms with E-state index in [9.17, 15) is 0 Å². The second kappa shape index (κ2) is 5.16. The van der Waals surface area contributed by atoms with Gasteiger partial charge in [-0.2, -0.15) is 0 Å². The number of rotatable bonds is 3. The first-order chi connectivity index (χ1) is 8.90. The van der Waals surface area contributed by atoms with Crippen LogP contribution in [0.15, 0.2) is 10.2 Å². The van der Waals surface area contributed by atoms with Gasteiger partial charge in [0.2, 0.25) is 0 Å². The Morgan fingerprint density at radius 1 is 1.16 bits per heavy atom. The summed E-state index contributed by atoms with van der Waals surface area (Å²) in [6.07, 6.45) is 0. The van der Waals surface area contributed by atoms with E-state index in [1.165, 1.54) is 11.8 Å². The maximum Gasteiger partial charge on any atom is 0.197 e. The molecule has 2 aromatic rings. The van der Waals surface area contributed by atoms with E-state index >= 15 is 0 Å². The summed E-state index contributed by atoms with van der Waals surface area (Å²) >= 11 is 1.47. The van der Waals surface area contributed by atoms with Crippen molar-refractivity contribution < 1.29 is 0 Å². The van der Waals surface area contributed by atoms with Gasteiger partial charge in [0.1, 0.15) is 22.5 Å². The van der Waals surface area contributed by atoms with Gasteiger partial charge in [0.25, 0.3) is 0 Å².